The molecule has 0 N–H and O–H groups in total. The van der Waals surface area contributed by atoms with Gasteiger partial charge in [0.2, 0.25) is 0 Å². The highest BCUT2D eigenvalue weighted by molar-refractivity contribution is 6.20. The van der Waals surface area contributed by atoms with Gasteiger partial charge in [-0.1, -0.05) is 0 Å². The van der Waals surface area contributed by atoms with Gasteiger partial charge in [0.25, 0.3) is 0 Å². The highest BCUT2D eigenvalue weighted by Gasteiger charge is 2.22. The molecule has 0 aliphatic heterocycles. The molecule has 0 saturated heterocycles. The van der Waals surface area contributed by atoms with E-state index in [0.29, 0.717) is 0 Å². The third-order valence-electron chi connectivity index (χ3n) is 0.231. The molecule has 0 saturated carbocycles. The zero-order valence-electron chi connectivity index (χ0n) is 3.04. The topological polar surface area (TPSA) is 9.23 Å². The van der Waals surface area contributed by atoms with Crippen molar-refractivity contribution in [3.8, 4) is 0 Å². The molecule has 0 unspecified atom stereocenters. The summed E-state index contributed by atoms with van der Waals surface area (Å²) in [4.78, 5) is 0. The maximum Gasteiger partial charge on any atom is 0.440 e. The number of halogens is 3. The van der Waals surface area contributed by atoms with Crippen LogP contribution in [0.25, 0.3) is 0 Å². The average molecular weight is 116 g/mol. The second-order valence-corrected chi connectivity index (χ2v) is 1.09. The molecule has 0 radical (unpaired) electrons. The van der Waals surface area contributed by atoms with Gasteiger partial charge in [0.05, 0.1) is 0 Å². The molecule has 0 aromatic heterocycles. The monoisotopic (exact) mass is 116 g/mol. The lowest BCUT2D eigenvalue weighted by Gasteiger charge is -1.99. The number of hydrogen-bond acceptors (Lipinski definition) is 1. The van der Waals surface area contributed by atoms with Gasteiger partial charge in [0.1, 0.15) is 0 Å². The van der Waals surface area contributed by atoms with Gasteiger partial charge >= 0.3 is 5.57 Å². The summed E-state index contributed by atoms with van der Waals surface area (Å²) in [5, 5.41) is 0. The summed E-state index contributed by atoms with van der Waals surface area (Å²) in [7, 11) is 0.826. The zero-order chi connectivity index (χ0) is 5.21. The Hall–Kier alpha value is 0.110. The van der Waals surface area contributed by atoms with Gasteiger partial charge in [-0.3, -0.25) is 0 Å². The van der Waals surface area contributed by atoms with E-state index >= 15 is 0 Å². The molecule has 0 bridgehead atoms. The highest BCUT2D eigenvalue weighted by atomic mass is 35.5. The molecule has 0 spiro atoms. The standard InChI is InChI=1S/C2H3ClF2O/c1-6-2(3,4)5/h1H3. The van der Waals surface area contributed by atoms with Gasteiger partial charge < -0.3 is 4.74 Å². The fraction of sp³-hybridized carbons (Fsp3) is 1.00. The van der Waals surface area contributed by atoms with Gasteiger partial charge in [-0.25, -0.2) is 0 Å². The van der Waals surface area contributed by atoms with Crippen LogP contribution in [-0.4, -0.2) is 12.7 Å². The van der Waals surface area contributed by atoms with Gasteiger partial charge in [-0.05, 0) is 11.6 Å². The molecule has 0 heterocycles. The maximum atomic E-state index is 11.0. The molecule has 0 aromatic rings. The lowest BCUT2D eigenvalue weighted by Crippen LogP contribution is -2.06. The minimum atomic E-state index is -3.49. The first-order valence-electron chi connectivity index (χ1n) is 1.18. The summed E-state index contributed by atoms with van der Waals surface area (Å²) in [6.07, 6.45) is 0. The van der Waals surface area contributed by atoms with Crippen LogP contribution in [0.15, 0.2) is 0 Å². The zero-order valence-corrected chi connectivity index (χ0v) is 3.80. The number of hydrogen-bond donors (Lipinski definition) is 0. The molecule has 6 heavy (non-hydrogen) atoms. The second kappa shape index (κ2) is 1.71. The smallest absolute Gasteiger partial charge is 0.310 e. The van der Waals surface area contributed by atoms with Crippen LogP contribution in [0.2, 0.25) is 0 Å². The quantitative estimate of drug-likeness (QED) is 0.471. The minimum absolute atomic E-state index is 0.826. The molecular formula is C2H3ClF2O. The van der Waals surface area contributed by atoms with E-state index in [-0.39, 0.29) is 0 Å². The van der Waals surface area contributed by atoms with E-state index in [1.54, 1.807) is 0 Å². The van der Waals surface area contributed by atoms with E-state index in [4.69, 9.17) is 0 Å². The van der Waals surface area contributed by atoms with E-state index in [1.807, 2.05) is 0 Å². The van der Waals surface area contributed by atoms with Crippen LogP contribution in [0.1, 0.15) is 0 Å². The predicted octanol–water partition coefficient (Wildman–Crippen LogP) is 1.42. The fourth-order valence-corrected chi connectivity index (χ4v) is 0. The maximum absolute atomic E-state index is 11.0. The first kappa shape index (κ1) is 6.11. The normalized spacial score (nSPS) is 12.0. The van der Waals surface area contributed by atoms with Crippen molar-refractivity contribution in [2.24, 2.45) is 0 Å². The Morgan fingerprint density at radius 3 is 1.83 bits per heavy atom. The molecule has 0 aliphatic carbocycles. The summed E-state index contributed by atoms with van der Waals surface area (Å²) < 4.78 is 25.4. The molecule has 0 rings (SSSR count). The summed E-state index contributed by atoms with van der Waals surface area (Å²) in [6.45, 7) is 0. The molecule has 0 aromatic carbocycles. The van der Waals surface area contributed by atoms with Crippen molar-refractivity contribution in [1.29, 1.82) is 0 Å². The van der Waals surface area contributed by atoms with Crippen molar-refractivity contribution >= 4 is 11.6 Å². The van der Waals surface area contributed by atoms with E-state index in [0.717, 1.165) is 7.11 Å². The Labute approximate surface area is 38.9 Å². The van der Waals surface area contributed by atoms with E-state index < -0.39 is 5.57 Å². The minimum Gasteiger partial charge on any atom is -0.310 e. The second-order valence-electron chi connectivity index (χ2n) is 0.650. The third kappa shape index (κ3) is 4.11. The van der Waals surface area contributed by atoms with Crippen LogP contribution < -0.4 is 0 Å². The van der Waals surface area contributed by atoms with Gasteiger partial charge in [0, 0.05) is 7.11 Å². The van der Waals surface area contributed by atoms with Crippen molar-refractivity contribution in [3.63, 3.8) is 0 Å². The fourth-order valence-electron chi connectivity index (χ4n) is 0. The summed E-state index contributed by atoms with van der Waals surface area (Å²) in [5.74, 6) is 0. The number of rotatable bonds is 1. The lowest BCUT2D eigenvalue weighted by atomic mass is 11.4. The molecular weight excluding hydrogens is 113 g/mol. The van der Waals surface area contributed by atoms with Crippen molar-refractivity contribution < 1.29 is 13.5 Å². The Balaban J connectivity index is 3.17. The van der Waals surface area contributed by atoms with Crippen molar-refractivity contribution in [1.82, 2.24) is 0 Å². The van der Waals surface area contributed by atoms with Crippen molar-refractivity contribution in [3.05, 3.63) is 0 Å². The molecule has 0 aliphatic rings. The van der Waals surface area contributed by atoms with Crippen molar-refractivity contribution in [2.75, 3.05) is 7.11 Å². The first-order chi connectivity index (χ1) is 2.56. The van der Waals surface area contributed by atoms with Crippen LogP contribution in [0.5, 0.6) is 0 Å². The lowest BCUT2D eigenvalue weighted by molar-refractivity contribution is -0.148. The summed E-state index contributed by atoms with van der Waals surface area (Å²) in [6, 6.07) is 0. The van der Waals surface area contributed by atoms with Crippen molar-refractivity contribution in [2.45, 2.75) is 5.57 Å². The van der Waals surface area contributed by atoms with Gasteiger partial charge in [0.15, 0.2) is 0 Å². The predicted molar refractivity (Wildman–Crippen MR) is 17.8 cm³/mol. The Bertz CT molecular complexity index is 41.3. The first-order valence-corrected chi connectivity index (χ1v) is 1.56. The highest BCUT2D eigenvalue weighted by Crippen LogP contribution is 2.17. The van der Waals surface area contributed by atoms with Crippen LogP contribution in [0.4, 0.5) is 8.78 Å². The average Bonchev–Trinajstić information content (AvgIpc) is 1.35. The molecule has 0 amide bonds. The Morgan fingerprint density at radius 2 is 1.83 bits per heavy atom. The number of methoxy groups -OCH3 is 1. The van der Waals surface area contributed by atoms with Crippen LogP contribution in [-0.2, 0) is 4.74 Å². The van der Waals surface area contributed by atoms with E-state index in [1.165, 1.54) is 0 Å². The third-order valence-corrected chi connectivity index (χ3v) is 0.386. The summed E-state index contributed by atoms with van der Waals surface area (Å²) in [5.41, 5.74) is -3.49. The largest absolute Gasteiger partial charge is 0.440 e. The Kier molecular flexibility index (Phi) is 1.74. The molecule has 0 atom stereocenters. The van der Waals surface area contributed by atoms with Gasteiger partial charge in [-0.15, -0.1) is 0 Å². The Morgan fingerprint density at radius 1 is 1.67 bits per heavy atom. The van der Waals surface area contributed by atoms with Crippen LogP contribution in [0.3, 0.4) is 0 Å². The van der Waals surface area contributed by atoms with E-state index in [9.17, 15) is 8.78 Å². The molecule has 1 nitrogen and oxygen atoms in total. The van der Waals surface area contributed by atoms with Gasteiger partial charge in [-0.2, -0.15) is 8.78 Å². The molecule has 0 fully saturated rings. The number of ether oxygens (including phenoxy) is 1. The number of alkyl halides is 3. The van der Waals surface area contributed by atoms with Crippen LogP contribution in [0, 0.1) is 0 Å². The molecule has 4 heteroatoms. The summed E-state index contributed by atoms with van der Waals surface area (Å²) >= 11 is 4.16. The molecule has 38 valence electrons. The SMILES string of the molecule is COC(F)(F)Cl. The van der Waals surface area contributed by atoms with E-state index in [2.05, 4.69) is 16.3 Å². The van der Waals surface area contributed by atoms with Crippen LogP contribution >= 0.6 is 11.6 Å².